The molecule has 0 bridgehead atoms. The lowest BCUT2D eigenvalue weighted by Crippen LogP contribution is -2.09. The number of rotatable bonds is 3. The Morgan fingerprint density at radius 1 is 1.10 bits per heavy atom. The molecule has 1 aromatic carbocycles. The predicted molar refractivity (Wildman–Crippen MR) is 74.4 cm³/mol. The van der Waals surface area contributed by atoms with Gasteiger partial charge in [-0.05, 0) is 30.5 Å². The Hall–Kier alpha value is -0.920. The molecule has 0 amide bonds. The van der Waals surface area contributed by atoms with Crippen LogP contribution in [-0.4, -0.2) is 16.2 Å². The lowest BCUT2D eigenvalue weighted by atomic mass is 10.4. The molecule has 20 heavy (non-hydrogen) atoms. The average molecular weight is 337 g/mol. The average Bonchev–Trinajstić information content (AvgIpc) is 2.40. The van der Waals surface area contributed by atoms with Crippen molar-refractivity contribution in [3.05, 3.63) is 41.0 Å². The standard InChI is InChI=1S/C12H8ClF3N2S2/c1-19-11-17-9(12(14,15)16)6-10(18-11)20-8-4-2-7(13)3-5-8/h2-6H,1H3. The number of nitrogens with zero attached hydrogens (tertiary/aromatic N) is 2. The third-order valence-electron chi connectivity index (χ3n) is 2.19. The highest BCUT2D eigenvalue weighted by Gasteiger charge is 2.33. The minimum atomic E-state index is -4.48. The molecule has 0 atom stereocenters. The van der Waals surface area contributed by atoms with E-state index in [0.717, 1.165) is 34.5 Å². The number of benzene rings is 1. The van der Waals surface area contributed by atoms with Gasteiger partial charge in [0.1, 0.15) is 10.7 Å². The summed E-state index contributed by atoms with van der Waals surface area (Å²) in [5.41, 5.74) is -0.937. The molecule has 2 nitrogen and oxygen atoms in total. The molecule has 0 aliphatic carbocycles. The highest BCUT2D eigenvalue weighted by molar-refractivity contribution is 7.99. The number of hydrogen-bond acceptors (Lipinski definition) is 4. The van der Waals surface area contributed by atoms with Gasteiger partial charge in [0.25, 0.3) is 0 Å². The predicted octanol–water partition coefficient (Wildman–Crippen LogP) is 5.02. The summed E-state index contributed by atoms with van der Waals surface area (Å²) in [6.45, 7) is 0. The second kappa shape index (κ2) is 6.24. The third-order valence-corrected chi connectivity index (χ3v) is 3.92. The SMILES string of the molecule is CSc1nc(Sc2ccc(Cl)cc2)cc(C(F)(F)F)n1. The first-order valence-electron chi connectivity index (χ1n) is 5.32. The van der Waals surface area contributed by atoms with Gasteiger partial charge in [-0.3, -0.25) is 0 Å². The summed E-state index contributed by atoms with van der Waals surface area (Å²) in [5, 5.41) is 0.910. The van der Waals surface area contributed by atoms with Crippen LogP contribution in [0.4, 0.5) is 13.2 Å². The first kappa shape index (κ1) is 15.5. The van der Waals surface area contributed by atoms with Crippen LogP contribution in [-0.2, 0) is 6.18 Å². The molecule has 0 radical (unpaired) electrons. The van der Waals surface area contributed by atoms with E-state index in [2.05, 4.69) is 9.97 Å². The van der Waals surface area contributed by atoms with Gasteiger partial charge in [0.05, 0.1) is 0 Å². The first-order valence-corrected chi connectivity index (χ1v) is 7.74. The van der Waals surface area contributed by atoms with Crippen molar-refractivity contribution in [3.63, 3.8) is 0 Å². The van der Waals surface area contributed by atoms with Gasteiger partial charge in [-0.15, -0.1) is 0 Å². The first-order chi connectivity index (χ1) is 9.38. The number of halogens is 4. The van der Waals surface area contributed by atoms with E-state index in [0.29, 0.717) is 5.02 Å². The second-order valence-corrected chi connectivity index (χ2v) is 5.94. The van der Waals surface area contributed by atoms with E-state index in [1.807, 2.05) is 0 Å². The Labute approximate surface area is 127 Å². The second-order valence-electron chi connectivity index (χ2n) is 3.63. The van der Waals surface area contributed by atoms with Crippen LogP contribution in [0.1, 0.15) is 5.69 Å². The summed E-state index contributed by atoms with van der Waals surface area (Å²) in [4.78, 5) is 8.29. The molecule has 0 N–H and O–H groups in total. The largest absolute Gasteiger partial charge is 0.433 e. The highest BCUT2D eigenvalue weighted by Crippen LogP contribution is 2.34. The summed E-state index contributed by atoms with van der Waals surface area (Å²) in [7, 11) is 0. The molecule has 0 unspecified atom stereocenters. The van der Waals surface area contributed by atoms with Gasteiger partial charge in [0.15, 0.2) is 5.16 Å². The number of hydrogen-bond donors (Lipinski definition) is 0. The Balaban J connectivity index is 2.33. The molecular weight excluding hydrogens is 329 g/mol. The Bertz CT molecular complexity index is 603. The van der Waals surface area contributed by atoms with Crippen molar-refractivity contribution >= 4 is 35.1 Å². The lowest BCUT2D eigenvalue weighted by molar-refractivity contribution is -0.141. The lowest BCUT2D eigenvalue weighted by Gasteiger charge is -2.09. The number of aromatic nitrogens is 2. The highest BCUT2D eigenvalue weighted by atomic mass is 35.5. The van der Waals surface area contributed by atoms with Crippen LogP contribution in [0.5, 0.6) is 0 Å². The van der Waals surface area contributed by atoms with E-state index in [-0.39, 0.29) is 10.2 Å². The Morgan fingerprint density at radius 2 is 1.75 bits per heavy atom. The molecule has 0 saturated heterocycles. The van der Waals surface area contributed by atoms with Crippen LogP contribution in [0.15, 0.2) is 45.4 Å². The molecule has 8 heteroatoms. The van der Waals surface area contributed by atoms with E-state index in [1.165, 1.54) is 0 Å². The van der Waals surface area contributed by atoms with Gasteiger partial charge in [-0.25, -0.2) is 9.97 Å². The van der Waals surface area contributed by atoms with E-state index >= 15 is 0 Å². The van der Waals surface area contributed by atoms with Crippen LogP contribution in [0.25, 0.3) is 0 Å². The summed E-state index contributed by atoms with van der Waals surface area (Å²) in [5.74, 6) is 0. The molecular formula is C12H8ClF3N2S2. The van der Waals surface area contributed by atoms with E-state index in [1.54, 1.807) is 30.5 Å². The fraction of sp³-hybridized carbons (Fsp3) is 0.167. The summed E-state index contributed by atoms with van der Waals surface area (Å²) in [6, 6.07) is 7.73. The van der Waals surface area contributed by atoms with Crippen molar-refractivity contribution in [3.8, 4) is 0 Å². The maximum absolute atomic E-state index is 12.7. The monoisotopic (exact) mass is 336 g/mol. The normalized spacial score (nSPS) is 11.7. The van der Waals surface area contributed by atoms with Crippen molar-refractivity contribution < 1.29 is 13.2 Å². The van der Waals surface area contributed by atoms with Crippen LogP contribution in [0, 0.1) is 0 Å². The molecule has 106 valence electrons. The van der Waals surface area contributed by atoms with Crippen molar-refractivity contribution in [1.82, 2.24) is 9.97 Å². The zero-order valence-electron chi connectivity index (χ0n) is 10.1. The summed E-state index contributed by atoms with van der Waals surface area (Å²) < 4.78 is 38.2. The third kappa shape index (κ3) is 4.04. The van der Waals surface area contributed by atoms with Crippen LogP contribution in [0.2, 0.25) is 5.02 Å². The Kier molecular flexibility index (Phi) is 4.82. The zero-order valence-corrected chi connectivity index (χ0v) is 12.5. The van der Waals surface area contributed by atoms with Gasteiger partial charge in [0, 0.05) is 16.0 Å². The minimum absolute atomic E-state index is 0.0938. The minimum Gasteiger partial charge on any atom is -0.218 e. The molecule has 0 spiro atoms. The van der Waals surface area contributed by atoms with E-state index < -0.39 is 11.9 Å². The van der Waals surface area contributed by atoms with Crippen molar-refractivity contribution in [2.24, 2.45) is 0 Å². The van der Waals surface area contributed by atoms with E-state index in [9.17, 15) is 13.2 Å². The fourth-order valence-electron chi connectivity index (χ4n) is 1.32. The molecule has 1 aromatic heterocycles. The quantitative estimate of drug-likeness (QED) is 0.446. The maximum atomic E-state index is 12.7. The van der Waals surface area contributed by atoms with Crippen molar-refractivity contribution in [1.29, 1.82) is 0 Å². The number of thioether (sulfide) groups is 1. The summed E-state index contributed by atoms with van der Waals surface area (Å²) in [6.07, 6.45) is -2.85. The molecule has 2 rings (SSSR count). The van der Waals surface area contributed by atoms with E-state index in [4.69, 9.17) is 11.6 Å². The van der Waals surface area contributed by atoms with Gasteiger partial charge in [0.2, 0.25) is 0 Å². The molecule has 1 heterocycles. The topological polar surface area (TPSA) is 25.8 Å². The van der Waals surface area contributed by atoms with Crippen LogP contribution < -0.4 is 0 Å². The molecule has 0 fully saturated rings. The number of alkyl halides is 3. The fourth-order valence-corrected chi connectivity index (χ4v) is 2.70. The van der Waals surface area contributed by atoms with Gasteiger partial charge >= 0.3 is 6.18 Å². The van der Waals surface area contributed by atoms with Crippen LogP contribution in [0.3, 0.4) is 0 Å². The van der Waals surface area contributed by atoms with Gasteiger partial charge in [-0.1, -0.05) is 35.1 Å². The Morgan fingerprint density at radius 3 is 2.30 bits per heavy atom. The molecule has 0 saturated carbocycles. The summed E-state index contributed by atoms with van der Waals surface area (Å²) >= 11 is 7.96. The smallest absolute Gasteiger partial charge is 0.218 e. The molecule has 0 aliphatic heterocycles. The van der Waals surface area contributed by atoms with Crippen LogP contribution >= 0.6 is 35.1 Å². The zero-order chi connectivity index (χ0) is 14.8. The van der Waals surface area contributed by atoms with Crippen molar-refractivity contribution in [2.45, 2.75) is 21.3 Å². The molecule has 0 aliphatic rings. The maximum Gasteiger partial charge on any atom is 0.433 e. The van der Waals surface area contributed by atoms with Gasteiger partial charge < -0.3 is 0 Å². The molecule has 2 aromatic rings. The van der Waals surface area contributed by atoms with Gasteiger partial charge in [-0.2, -0.15) is 13.2 Å². The van der Waals surface area contributed by atoms with Crippen molar-refractivity contribution in [2.75, 3.05) is 6.26 Å².